The Morgan fingerprint density at radius 3 is 2.79 bits per heavy atom. The average molecular weight is 438 g/mol. The number of non-ortho nitro benzene ring substituents is 1. The molecule has 0 atom stereocenters. The normalized spacial score (nSPS) is 10.6. The molecule has 8 nitrogen and oxygen atoms in total. The molecule has 1 amide bonds. The maximum atomic E-state index is 11.9. The van der Waals surface area contributed by atoms with Gasteiger partial charge in [0.05, 0.1) is 31.6 Å². The first-order valence-corrected chi connectivity index (χ1v) is 9.98. The summed E-state index contributed by atoms with van der Waals surface area (Å²) in [5.41, 5.74) is 0.862. The number of aromatic nitrogens is 1. The third kappa shape index (κ3) is 5.18. The first-order chi connectivity index (χ1) is 13.4. The quantitative estimate of drug-likeness (QED) is 0.256. The lowest BCUT2D eigenvalue weighted by Crippen LogP contribution is -2.21. The third-order valence-corrected chi connectivity index (χ3v) is 5.86. The van der Waals surface area contributed by atoms with Crippen molar-refractivity contribution in [1.82, 2.24) is 4.98 Å². The molecule has 0 aliphatic heterocycles. The molecule has 0 saturated carbocycles. The number of amides is 1. The molecule has 3 aromatic rings. The van der Waals surface area contributed by atoms with Gasteiger partial charge in [0.1, 0.15) is 0 Å². The van der Waals surface area contributed by atoms with Crippen LogP contribution >= 0.6 is 34.7 Å². The maximum absolute atomic E-state index is 11.9. The van der Waals surface area contributed by atoms with Crippen molar-refractivity contribution in [1.29, 1.82) is 0 Å². The van der Waals surface area contributed by atoms with Crippen molar-refractivity contribution in [3.63, 3.8) is 0 Å². The molecule has 2 aromatic carbocycles. The number of halogens is 1. The van der Waals surface area contributed by atoms with Crippen molar-refractivity contribution in [3.05, 3.63) is 57.6 Å². The molecule has 144 valence electrons. The van der Waals surface area contributed by atoms with E-state index in [9.17, 15) is 19.7 Å². The van der Waals surface area contributed by atoms with Crippen LogP contribution in [0.3, 0.4) is 0 Å². The van der Waals surface area contributed by atoms with Crippen LogP contribution in [-0.2, 0) is 14.3 Å². The number of rotatable bonds is 7. The van der Waals surface area contributed by atoms with Crippen molar-refractivity contribution < 1.29 is 19.2 Å². The Balaban J connectivity index is 1.46. The van der Waals surface area contributed by atoms with Crippen LogP contribution in [0, 0.1) is 10.1 Å². The van der Waals surface area contributed by atoms with Crippen molar-refractivity contribution >= 4 is 68.2 Å². The summed E-state index contributed by atoms with van der Waals surface area (Å²) in [6.07, 6.45) is 0. The number of hydrogen-bond donors (Lipinski definition) is 1. The highest BCUT2D eigenvalue weighted by atomic mass is 35.5. The Morgan fingerprint density at radius 2 is 2.07 bits per heavy atom. The number of para-hydroxylation sites is 1. The molecule has 0 fully saturated rings. The molecule has 11 heteroatoms. The van der Waals surface area contributed by atoms with Gasteiger partial charge in [-0.3, -0.25) is 19.7 Å². The minimum Gasteiger partial charge on any atom is -0.455 e. The molecule has 3 rings (SSSR count). The summed E-state index contributed by atoms with van der Waals surface area (Å²) in [6.45, 7) is -0.493. The number of thioether (sulfide) groups is 1. The summed E-state index contributed by atoms with van der Waals surface area (Å²) >= 11 is 8.60. The fourth-order valence-corrected chi connectivity index (χ4v) is 4.21. The molecule has 1 N–H and O–H groups in total. The second-order valence-electron chi connectivity index (χ2n) is 5.37. The molecule has 0 radical (unpaired) electrons. The molecular formula is C17H12ClN3O5S2. The molecular weight excluding hydrogens is 426 g/mol. The Hall–Kier alpha value is -2.69. The lowest BCUT2D eigenvalue weighted by molar-refractivity contribution is -0.384. The molecule has 1 heterocycles. The second kappa shape index (κ2) is 9.00. The van der Waals surface area contributed by atoms with Gasteiger partial charge in [0.15, 0.2) is 10.9 Å². The van der Waals surface area contributed by atoms with Crippen LogP contribution in [0.4, 0.5) is 11.4 Å². The SMILES string of the molecule is O=C(COC(=O)CSc1nc2ccccc2s1)Nc1ccc([N+](=O)[O-])cc1Cl. The minimum atomic E-state index is -0.603. The lowest BCUT2D eigenvalue weighted by atomic mass is 10.3. The van der Waals surface area contributed by atoms with Crippen LogP contribution in [0.5, 0.6) is 0 Å². The number of benzene rings is 2. The summed E-state index contributed by atoms with van der Waals surface area (Å²) in [5, 5.41) is 13.1. The van der Waals surface area contributed by atoms with Crippen molar-refractivity contribution in [3.8, 4) is 0 Å². The van der Waals surface area contributed by atoms with E-state index in [-0.39, 0.29) is 22.2 Å². The number of fused-ring (bicyclic) bond motifs is 1. The van der Waals surface area contributed by atoms with Crippen LogP contribution in [0.25, 0.3) is 10.2 Å². The van der Waals surface area contributed by atoms with Crippen molar-refractivity contribution in [2.24, 2.45) is 0 Å². The molecule has 1 aromatic heterocycles. The van der Waals surface area contributed by atoms with E-state index in [0.717, 1.165) is 20.6 Å². The van der Waals surface area contributed by atoms with Crippen molar-refractivity contribution in [2.75, 3.05) is 17.7 Å². The van der Waals surface area contributed by atoms with Gasteiger partial charge in [-0.1, -0.05) is 35.5 Å². The average Bonchev–Trinajstić information content (AvgIpc) is 3.09. The van der Waals surface area contributed by atoms with Gasteiger partial charge >= 0.3 is 5.97 Å². The number of thiazole rings is 1. The van der Waals surface area contributed by atoms with Crippen LogP contribution in [0.2, 0.25) is 5.02 Å². The van der Waals surface area contributed by atoms with E-state index in [2.05, 4.69) is 10.3 Å². The summed E-state index contributed by atoms with van der Waals surface area (Å²) in [5.74, 6) is -1.14. The number of nitrogens with one attached hydrogen (secondary N) is 1. The molecule has 0 unspecified atom stereocenters. The number of nitro groups is 1. The summed E-state index contributed by atoms with van der Waals surface area (Å²) in [7, 11) is 0. The number of anilines is 1. The highest BCUT2D eigenvalue weighted by Crippen LogP contribution is 2.29. The zero-order valence-corrected chi connectivity index (χ0v) is 16.5. The van der Waals surface area contributed by atoms with Crippen LogP contribution in [-0.4, -0.2) is 34.1 Å². The number of nitro benzene ring substituents is 1. The molecule has 0 aliphatic rings. The zero-order valence-electron chi connectivity index (χ0n) is 14.1. The molecule has 0 spiro atoms. The van der Waals surface area contributed by atoms with Gasteiger partial charge in [-0.15, -0.1) is 11.3 Å². The first-order valence-electron chi connectivity index (χ1n) is 7.80. The largest absolute Gasteiger partial charge is 0.455 e. The Kier molecular flexibility index (Phi) is 6.45. The van der Waals surface area contributed by atoms with E-state index in [0.29, 0.717) is 0 Å². The Labute approximate surface area is 172 Å². The smallest absolute Gasteiger partial charge is 0.316 e. The van der Waals surface area contributed by atoms with Gasteiger partial charge < -0.3 is 10.1 Å². The van der Waals surface area contributed by atoms with E-state index in [4.69, 9.17) is 16.3 Å². The van der Waals surface area contributed by atoms with E-state index in [1.54, 1.807) is 0 Å². The lowest BCUT2D eigenvalue weighted by Gasteiger charge is -2.07. The fourth-order valence-electron chi connectivity index (χ4n) is 2.13. The van der Waals surface area contributed by atoms with Crippen LogP contribution in [0.15, 0.2) is 46.8 Å². The van der Waals surface area contributed by atoms with Gasteiger partial charge in [-0.2, -0.15) is 0 Å². The molecule has 0 bridgehead atoms. The Bertz CT molecular complexity index is 1020. The van der Waals surface area contributed by atoms with Gasteiger partial charge in [0, 0.05) is 12.1 Å². The van der Waals surface area contributed by atoms with E-state index in [1.165, 1.54) is 35.2 Å². The van der Waals surface area contributed by atoms with Gasteiger partial charge in [-0.25, -0.2) is 4.98 Å². The fraction of sp³-hybridized carbons (Fsp3) is 0.118. The van der Waals surface area contributed by atoms with Crippen LogP contribution < -0.4 is 5.32 Å². The van der Waals surface area contributed by atoms with Crippen LogP contribution in [0.1, 0.15) is 0 Å². The predicted molar refractivity (Wildman–Crippen MR) is 108 cm³/mol. The number of esters is 1. The third-order valence-electron chi connectivity index (χ3n) is 3.39. The number of carbonyl (C=O) groups is 2. The minimum absolute atomic E-state index is 0.0141. The number of ether oxygens (including phenoxy) is 1. The summed E-state index contributed by atoms with van der Waals surface area (Å²) in [6, 6.07) is 11.3. The van der Waals surface area contributed by atoms with Gasteiger partial charge in [-0.05, 0) is 18.2 Å². The summed E-state index contributed by atoms with van der Waals surface area (Å²) in [4.78, 5) is 38.2. The highest BCUT2D eigenvalue weighted by Gasteiger charge is 2.14. The number of nitrogens with zero attached hydrogens (tertiary/aromatic N) is 2. The second-order valence-corrected chi connectivity index (χ2v) is 8.03. The number of carbonyl (C=O) groups excluding carboxylic acids is 2. The standard InChI is InChI=1S/C17H12ClN3O5S2/c18-11-7-10(21(24)25)5-6-12(11)19-15(22)8-26-16(23)9-27-17-20-13-3-1-2-4-14(13)28-17/h1-7H,8-9H2,(H,19,22). The monoisotopic (exact) mass is 437 g/mol. The molecule has 28 heavy (non-hydrogen) atoms. The molecule has 0 saturated heterocycles. The summed E-state index contributed by atoms with van der Waals surface area (Å²) < 4.78 is 6.69. The van der Waals surface area contributed by atoms with Gasteiger partial charge in [0.25, 0.3) is 11.6 Å². The first kappa shape index (κ1) is 20.1. The van der Waals surface area contributed by atoms with E-state index in [1.807, 2.05) is 24.3 Å². The van der Waals surface area contributed by atoms with Gasteiger partial charge in [0.2, 0.25) is 0 Å². The number of hydrogen-bond acceptors (Lipinski definition) is 8. The van der Waals surface area contributed by atoms with Crippen molar-refractivity contribution in [2.45, 2.75) is 4.34 Å². The maximum Gasteiger partial charge on any atom is 0.316 e. The van der Waals surface area contributed by atoms with E-state index >= 15 is 0 Å². The zero-order chi connectivity index (χ0) is 20.1. The molecule has 0 aliphatic carbocycles. The topological polar surface area (TPSA) is 111 Å². The van der Waals surface area contributed by atoms with E-state index < -0.39 is 23.4 Å². The Morgan fingerprint density at radius 1 is 1.29 bits per heavy atom. The highest BCUT2D eigenvalue weighted by molar-refractivity contribution is 8.01. The predicted octanol–water partition coefficient (Wildman–Crippen LogP) is 4.13.